The number of carbonyl (C=O) groups is 1. The van der Waals surface area contributed by atoms with Gasteiger partial charge in [-0.3, -0.25) is 4.79 Å². The molecule has 1 aromatic rings. The maximum atomic E-state index is 12.6. The van der Waals surface area contributed by atoms with Gasteiger partial charge in [-0.2, -0.15) is 5.10 Å². The van der Waals surface area contributed by atoms with Gasteiger partial charge in [0, 0.05) is 24.7 Å². The van der Waals surface area contributed by atoms with E-state index in [-0.39, 0.29) is 5.91 Å². The minimum atomic E-state index is 0.182. The number of hydrogen-bond acceptors (Lipinski definition) is 4. The smallest absolute Gasteiger partial charge is 0.240 e. The number of allylic oxidation sites excluding steroid dienone is 2. The van der Waals surface area contributed by atoms with Crippen molar-refractivity contribution in [2.75, 3.05) is 13.1 Å². The van der Waals surface area contributed by atoms with E-state index in [0.29, 0.717) is 12.6 Å². The molecule has 1 N–H and O–H groups in total. The van der Waals surface area contributed by atoms with E-state index < -0.39 is 0 Å². The number of aromatic nitrogens is 3. The fourth-order valence-electron chi connectivity index (χ4n) is 3.53. The molecule has 2 aliphatic rings. The fraction of sp³-hybridized carbons (Fsp3) is 0.706. The summed E-state index contributed by atoms with van der Waals surface area (Å²) in [6.07, 6.45) is 8.75. The average Bonchev–Trinajstić information content (AvgIpc) is 2.94. The van der Waals surface area contributed by atoms with E-state index in [2.05, 4.69) is 28.4 Å². The molecule has 1 aliphatic heterocycles. The molecule has 0 saturated carbocycles. The summed E-state index contributed by atoms with van der Waals surface area (Å²) in [4.78, 5) is 18.9. The van der Waals surface area contributed by atoms with Crippen LogP contribution in [-0.4, -0.2) is 44.7 Å². The minimum Gasteiger partial charge on any atom is -0.316 e. The summed E-state index contributed by atoms with van der Waals surface area (Å²) in [6, 6.07) is 0.298. The van der Waals surface area contributed by atoms with Crippen LogP contribution < -0.4 is 5.32 Å². The van der Waals surface area contributed by atoms with Gasteiger partial charge >= 0.3 is 0 Å². The Morgan fingerprint density at radius 3 is 3.04 bits per heavy atom. The predicted molar refractivity (Wildman–Crippen MR) is 88.8 cm³/mol. The molecule has 1 amide bonds. The van der Waals surface area contributed by atoms with Crippen LogP contribution in [0.2, 0.25) is 0 Å². The molecule has 23 heavy (non-hydrogen) atoms. The average molecular weight is 317 g/mol. The summed E-state index contributed by atoms with van der Waals surface area (Å²) in [6.45, 7) is 5.94. The van der Waals surface area contributed by atoms with Crippen LogP contribution >= 0.6 is 0 Å². The van der Waals surface area contributed by atoms with Crippen molar-refractivity contribution in [1.29, 1.82) is 0 Å². The third-order valence-corrected chi connectivity index (χ3v) is 4.74. The van der Waals surface area contributed by atoms with E-state index in [1.165, 1.54) is 18.5 Å². The van der Waals surface area contributed by atoms with E-state index in [0.717, 1.165) is 50.4 Å². The van der Waals surface area contributed by atoms with E-state index in [1.54, 1.807) is 0 Å². The Morgan fingerprint density at radius 2 is 2.30 bits per heavy atom. The third-order valence-electron chi connectivity index (χ3n) is 4.74. The molecule has 6 nitrogen and oxygen atoms in total. The van der Waals surface area contributed by atoms with Gasteiger partial charge in [-0.05, 0) is 46.0 Å². The molecule has 1 atom stereocenters. The molecule has 0 bridgehead atoms. The highest BCUT2D eigenvalue weighted by Crippen LogP contribution is 2.21. The summed E-state index contributed by atoms with van der Waals surface area (Å²) in [7, 11) is 0. The van der Waals surface area contributed by atoms with Crippen LogP contribution in [0.15, 0.2) is 11.8 Å². The number of hydrogen-bond donors (Lipinski definition) is 1. The Morgan fingerprint density at radius 1 is 1.43 bits per heavy atom. The number of nitrogens with zero attached hydrogens (tertiary/aromatic N) is 4. The van der Waals surface area contributed by atoms with Crippen LogP contribution in [0.5, 0.6) is 0 Å². The molecule has 1 aromatic heterocycles. The maximum absolute atomic E-state index is 12.6. The molecule has 0 radical (unpaired) electrons. The molecule has 6 heteroatoms. The second-order valence-electron chi connectivity index (χ2n) is 6.45. The highest BCUT2D eigenvalue weighted by Gasteiger charge is 2.23. The van der Waals surface area contributed by atoms with Crippen molar-refractivity contribution in [3.63, 3.8) is 0 Å². The zero-order chi connectivity index (χ0) is 16.2. The first kappa shape index (κ1) is 16.2. The molecule has 0 spiro atoms. The number of likely N-dealkylation sites (N-methyl/N-ethyl adjacent to an activating group) is 1. The van der Waals surface area contributed by atoms with Crippen molar-refractivity contribution in [2.45, 2.75) is 65.0 Å². The number of carbonyl (C=O) groups excluding carboxylic acids is 1. The first-order valence-corrected chi connectivity index (χ1v) is 8.80. The minimum absolute atomic E-state index is 0.182. The fourth-order valence-corrected chi connectivity index (χ4v) is 3.53. The highest BCUT2D eigenvalue weighted by atomic mass is 16.2. The third kappa shape index (κ3) is 3.80. The van der Waals surface area contributed by atoms with Gasteiger partial charge < -0.3 is 10.2 Å². The predicted octanol–water partition coefficient (Wildman–Crippen LogP) is 1.80. The number of amides is 1. The van der Waals surface area contributed by atoms with Crippen LogP contribution in [0.1, 0.15) is 50.7 Å². The van der Waals surface area contributed by atoms with Crippen molar-refractivity contribution in [3.05, 3.63) is 23.4 Å². The van der Waals surface area contributed by atoms with E-state index >= 15 is 0 Å². The normalized spacial score (nSPS) is 20.8. The van der Waals surface area contributed by atoms with Crippen molar-refractivity contribution in [3.8, 4) is 0 Å². The summed E-state index contributed by atoms with van der Waals surface area (Å²) in [5.41, 5.74) is 1.21. The molecule has 0 unspecified atom stereocenters. The Hall–Kier alpha value is -1.69. The van der Waals surface area contributed by atoms with Crippen molar-refractivity contribution in [1.82, 2.24) is 25.0 Å². The largest absolute Gasteiger partial charge is 0.316 e. The van der Waals surface area contributed by atoms with Gasteiger partial charge in [0.2, 0.25) is 5.91 Å². The lowest BCUT2D eigenvalue weighted by Gasteiger charge is -2.28. The summed E-state index contributed by atoms with van der Waals surface area (Å²) in [5, 5.41) is 7.83. The molecule has 2 heterocycles. The van der Waals surface area contributed by atoms with Crippen LogP contribution in [-0.2, 0) is 17.8 Å². The van der Waals surface area contributed by atoms with E-state index in [1.807, 2.05) is 16.5 Å². The molecular weight excluding hydrogens is 290 g/mol. The van der Waals surface area contributed by atoms with Gasteiger partial charge in [0.15, 0.2) is 0 Å². The van der Waals surface area contributed by atoms with Crippen molar-refractivity contribution < 1.29 is 4.79 Å². The molecular formula is C17H27N5O. The lowest BCUT2D eigenvalue weighted by Crippen LogP contribution is -2.44. The number of aryl methyl sites for hydroxylation is 2. The quantitative estimate of drug-likeness (QED) is 0.899. The maximum Gasteiger partial charge on any atom is 0.240 e. The summed E-state index contributed by atoms with van der Waals surface area (Å²) in [5.74, 6) is 2.08. The van der Waals surface area contributed by atoms with Crippen LogP contribution in [0.4, 0.5) is 0 Å². The first-order valence-electron chi connectivity index (χ1n) is 8.80. The Balaban J connectivity index is 1.53. The molecule has 0 fully saturated rings. The lowest BCUT2D eigenvalue weighted by molar-refractivity contribution is -0.128. The van der Waals surface area contributed by atoms with Gasteiger partial charge in [-0.15, -0.1) is 0 Å². The summed E-state index contributed by atoms with van der Waals surface area (Å²) < 4.78 is 1.97. The number of nitrogens with one attached hydrogen (secondary N) is 1. The highest BCUT2D eigenvalue weighted by molar-refractivity contribution is 5.80. The van der Waals surface area contributed by atoms with Crippen LogP contribution in [0.25, 0.3) is 0 Å². The number of rotatable bonds is 5. The monoisotopic (exact) mass is 317 g/mol. The summed E-state index contributed by atoms with van der Waals surface area (Å²) >= 11 is 0. The second-order valence-corrected chi connectivity index (χ2v) is 6.45. The molecule has 1 aliphatic carbocycles. The second kappa shape index (κ2) is 7.25. The Bertz CT molecular complexity index is 592. The topological polar surface area (TPSA) is 63.1 Å². The SMILES string of the molecule is CCN(C(=O)CN[C@H]1CCc2nc(C)nn2C1)C1=CCCCC1. The Labute approximate surface area is 138 Å². The zero-order valence-electron chi connectivity index (χ0n) is 14.2. The van der Waals surface area contributed by atoms with E-state index in [9.17, 15) is 4.79 Å². The number of fused-ring (bicyclic) bond motifs is 1. The van der Waals surface area contributed by atoms with Gasteiger partial charge in [0.25, 0.3) is 0 Å². The Kier molecular flexibility index (Phi) is 5.10. The first-order chi connectivity index (χ1) is 11.2. The van der Waals surface area contributed by atoms with Gasteiger partial charge in [-0.25, -0.2) is 9.67 Å². The molecule has 3 rings (SSSR count). The molecule has 0 aromatic carbocycles. The van der Waals surface area contributed by atoms with E-state index in [4.69, 9.17) is 0 Å². The van der Waals surface area contributed by atoms with Crippen LogP contribution in [0.3, 0.4) is 0 Å². The molecule has 0 saturated heterocycles. The molecule has 126 valence electrons. The van der Waals surface area contributed by atoms with Crippen LogP contribution in [0, 0.1) is 6.92 Å². The van der Waals surface area contributed by atoms with Gasteiger partial charge in [-0.1, -0.05) is 6.08 Å². The lowest BCUT2D eigenvalue weighted by atomic mass is 10.0. The standard InChI is InChI=1S/C17H27N5O/c1-3-21(15-7-5-4-6-8-15)17(23)11-18-14-9-10-16-19-13(2)20-22(16)12-14/h7,14,18H,3-6,8-12H2,1-2H3/t14-/m0/s1. The van der Waals surface area contributed by atoms with Crippen molar-refractivity contribution >= 4 is 5.91 Å². The van der Waals surface area contributed by atoms with Gasteiger partial charge in [0.1, 0.15) is 11.6 Å². The van der Waals surface area contributed by atoms with Gasteiger partial charge in [0.05, 0.1) is 13.1 Å². The van der Waals surface area contributed by atoms with Crippen molar-refractivity contribution in [2.24, 2.45) is 0 Å². The zero-order valence-corrected chi connectivity index (χ0v) is 14.2.